The van der Waals surface area contributed by atoms with Gasteiger partial charge >= 0.3 is 11.9 Å². The summed E-state index contributed by atoms with van der Waals surface area (Å²) in [7, 11) is -1.93. The van der Waals surface area contributed by atoms with Crippen molar-refractivity contribution in [2.75, 3.05) is 6.61 Å². The Kier molecular flexibility index (Phi) is 5.57. The smallest absolute Gasteiger partial charge is 0.320 e. The average Bonchev–Trinajstić information content (AvgIpc) is 2.02. The summed E-state index contributed by atoms with van der Waals surface area (Å²) in [5.41, 5.74) is 0. The molecular formula is C10H20O4Si. The van der Waals surface area contributed by atoms with Crippen LogP contribution in [0.3, 0.4) is 0 Å². The first-order chi connectivity index (χ1) is 6.81. The van der Waals surface area contributed by atoms with Gasteiger partial charge in [0.1, 0.15) is 0 Å². The van der Waals surface area contributed by atoms with E-state index in [-0.39, 0.29) is 6.61 Å². The molecule has 0 spiro atoms. The van der Waals surface area contributed by atoms with E-state index in [0.29, 0.717) is 6.42 Å². The van der Waals surface area contributed by atoms with E-state index in [2.05, 4.69) is 0 Å². The summed E-state index contributed by atoms with van der Waals surface area (Å²) in [6.45, 7) is 9.49. The molecule has 0 aromatic heterocycles. The minimum absolute atomic E-state index is 0.287. The Morgan fingerprint density at radius 1 is 1.13 bits per heavy atom. The number of carbonyl (C=O) groups excluding carboxylic acids is 2. The number of carbonyl (C=O) groups is 2. The van der Waals surface area contributed by atoms with Gasteiger partial charge in [0.2, 0.25) is 8.32 Å². The van der Waals surface area contributed by atoms with Gasteiger partial charge < -0.3 is 9.16 Å². The van der Waals surface area contributed by atoms with Crippen LogP contribution >= 0.6 is 0 Å². The first-order valence-corrected chi connectivity index (χ1v) is 8.62. The molecule has 0 amide bonds. The monoisotopic (exact) mass is 232 g/mol. The number of hydrogen-bond donors (Lipinski definition) is 0. The molecule has 4 nitrogen and oxygen atoms in total. The average molecular weight is 232 g/mol. The van der Waals surface area contributed by atoms with Crippen LogP contribution in [0.15, 0.2) is 0 Å². The standard InChI is InChI=1S/C10H20O4Si/c1-6-8(9(11)13-7-2)10(12)14-15(3,4)5/h8H,6-7H2,1-5H3. The largest absolute Gasteiger partial charge is 0.519 e. The highest BCUT2D eigenvalue weighted by atomic mass is 28.4. The second-order valence-electron chi connectivity index (χ2n) is 4.25. The van der Waals surface area contributed by atoms with E-state index in [9.17, 15) is 9.59 Å². The molecule has 0 aromatic rings. The number of hydrogen-bond acceptors (Lipinski definition) is 4. The van der Waals surface area contributed by atoms with Gasteiger partial charge in [-0.05, 0) is 33.0 Å². The van der Waals surface area contributed by atoms with Gasteiger partial charge in [0.15, 0.2) is 5.92 Å². The minimum Gasteiger partial charge on any atom is -0.519 e. The molecule has 0 fully saturated rings. The van der Waals surface area contributed by atoms with Crippen LogP contribution in [0.25, 0.3) is 0 Å². The molecular weight excluding hydrogens is 212 g/mol. The van der Waals surface area contributed by atoms with Crippen LogP contribution in [0.1, 0.15) is 20.3 Å². The van der Waals surface area contributed by atoms with E-state index >= 15 is 0 Å². The molecule has 0 saturated heterocycles. The highest BCUT2D eigenvalue weighted by Crippen LogP contribution is 2.12. The Balaban J connectivity index is 4.41. The Morgan fingerprint density at radius 3 is 2.00 bits per heavy atom. The van der Waals surface area contributed by atoms with Crippen molar-refractivity contribution in [3.8, 4) is 0 Å². The van der Waals surface area contributed by atoms with E-state index in [1.807, 2.05) is 19.6 Å². The van der Waals surface area contributed by atoms with Gasteiger partial charge in [0, 0.05) is 0 Å². The maximum absolute atomic E-state index is 11.6. The van der Waals surface area contributed by atoms with Gasteiger partial charge in [0.05, 0.1) is 6.61 Å². The topological polar surface area (TPSA) is 52.6 Å². The molecule has 1 atom stereocenters. The molecule has 0 aliphatic carbocycles. The minimum atomic E-state index is -1.93. The molecule has 88 valence electrons. The molecule has 15 heavy (non-hydrogen) atoms. The van der Waals surface area contributed by atoms with Crippen molar-refractivity contribution in [3.63, 3.8) is 0 Å². The van der Waals surface area contributed by atoms with Gasteiger partial charge in [-0.1, -0.05) is 6.92 Å². The lowest BCUT2D eigenvalue weighted by Crippen LogP contribution is -2.36. The van der Waals surface area contributed by atoms with E-state index in [0.717, 1.165) is 0 Å². The Labute approximate surface area is 92.1 Å². The fraction of sp³-hybridized carbons (Fsp3) is 0.800. The van der Waals surface area contributed by atoms with Crippen LogP contribution in [0, 0.1) is 5.92 Å². The zero-order chi connectivity index (χ0) is 12.1. The summed E-state index contributed by atoms with van der Waals surface area (Å²) >= 11 is 0. The van der Waals surface area contributed by atoms with Crippen molar-refractivity contribution >= 4 is 20.3 Å². The third kappa shape index (κ3) is 5.56. The van der Waals surface area contributed by atoms with Crippen molar-refractivity contribution in [1.29, 1.82) is 0 Å². The Bertz CT molecular complexity index is 232. The van der Waals surface area contributed by atoms with Crippen LogP contribution in [-0.4, -0.2) is 26.9 Å². The molecule has 0 N–H and O–H groups in total. The van der Waals surface area contributed by atoms with Crippen LogP contribution in [0.2, 0.25) is 19.6 Å². The zero-order valence-electron chi connectivity index (χ0n) is 10.1. The normalized spacial score (nSPS) is 13.1. The van der Waals surface area contributed by atoms with Gasteiger partial charge in [0.25, 0.3) is 0 Å². The number of ether oxygens (including phenoxy) is 1. The van der Waals surface area contributed by atoms with Crippen molar-refractivity contribution in [1.82, 2.24) is 0 Å². The summed E-state index contributed by atoms with van der Waals surface area (Å²) < 4.78 is 10.1. The lowest BCUT2D eigenvalue weighted by atomic mass is 10.1. The van der Waals surface area contributed by atoms with Crippen LogP contribution in [-0.2, 0) is 18.8 Å². The fourth-order valence-electron chi connectivity index (χ4n) is 1.05. The molecule has 5 heteroatoms. The molecule has 0 aromatic carbocycles. The molecule has 0 heterocycles. The van der Waals surface area contributed by atoms with Crippen molar-refractivity contribution in [2.45, 2.75) is 39.9 Å². The molecule has 0 aliphatic rings. The second kappa shape index (κ2) is 5.90. The molecule has 1 unspecified atom stereocenters. The highest BCUT2D eigenvalue weighted by molar-refractivity contribution is 6.71. The summed E-state index contributed by atoms with van der Waals surface area (Å²) in [6, 6.07) is 0. The van der Waals surface area contributed by atoms with Crippen molar-refractivity contribution in [2.24, 2.45) is 5.92 Å². The van der Waals surface area contributed by atoms with Gasteiger partial charge in [-0.3, -0.25) is 9.59 Å². The molecule has 0 rings (SSSR count). The highest BCUT2D eigenvalue weighted by Gasteiger charge is 2.31. The van der Waals surface area contributed by atoms with E-state index in [1.54, 1.807) is 13.8 Å². The number of esters is 1. The summed E-state index contributed by atoms with van der Waals surface area (Å²) in [6.07, 6.45) is 0.419. The SMILES string of the molecule is CCOC(=O)C(CC)C(=O)O[Si](C)(C)C. The van der Waals surface area contributed by atoms with Crippen LogP contribution in [0.5, 0.6) is 0 Å². The third-order valence-electron chi connectivity index (χ3n) is 1.67. The summed E-state index contributed by atoms with van der Waals surface area (Å²) in [5, 5.41) is 0. The zero-order valence-corrected chi connectivity index (χ0v) is 11.1. The Hall–Kier alpha value is -0.843. The predicted molar refractivity (Wildman–Crippen MR) is 59.9 cm³/mol. The molecule has 0 aliphatic heterocycles. The molecule has 0 bridgehead atoms. The predicted octanol–water partition coefficient (Wildman–Crippen LogP) is 1.95. The van der Waals surface area contributed by atoms with Gasteiger partial charge in [-0.15, -0.1) is 0 Å². The van der Waals surface area contributed by atoms with Gasteiger partial charge in [-0.25, -0.2) is 0 Å². The van der Waals surface area contributed by atoms with Gasteiger partial charge in [-0.2, -0.15) is 0 Å². The second-order valence-corrected chi connectivity index (χ2v) is 8.68. The molecule has 0 saturated carbocycles. The summed E-state index contributed by atoms with van der Waals surface area (Å²) in [5.74, 6) is -1.70. The van der Waals surface area contributed by atoms with E-state index in [1.165, 1.54) is 0 Å². The maximum Gasteiger partial charge on any atom is 0.320 e. The quantitative estimate of drug-likeness (QED) is 0.413. The first-order valence-electron chi connectivity index (χ1n) is 5.21. The van der Waals surface area contributed by atoms with Crippen molar-refractivity contribution in [3.05, 3.63) is 0 Å². The summed E-state index contributed by atoms with van der Waals surface area (Å²) in [4.78, 5) is 23.0. The lowest BCUT2D eigenvalue weighted by Gasteiger charge is -2.20. The maximum atomic E-state index is 11.6. The van der Waals surface area contributed by atoms with E-state index in [4.69, 9.17) is 9.16 Å². The van der Waals surface area contributed by atoms with E-state index < -0.39 is 26.2 Å². The first kappa shape index (κ1) is 14.2. The lowest BCUT2D eigenvalue weighted by molar-refractivity contribution is -0.157. The molecule has 0 radical (unpaired) electrons. The van der Waals surface area contributed by atoms with Crippen LogP contribution in [0.4, 0.5) is 0 Å². The van der Waals surface area contributed by atoms with Crippen LogP contribution < -0.4 is 0 Å². The number of rotatable bonds is 5. The van der Waals surface area contributed by atoms with Crippen molar-refractivity contribution < 1.29 is 18.8 Å². The Morgan fingerprint density at radius 2 is 1.67 bits per heavy atom. The third-order valence-corrected chi connectivity index (χ3v) is 2.48. The fourth-order valence-corrected chi connectivity index (χ4v) is 1.79.